The Morgan fingerprint density at radius 3 is 1.89 bits per heavy atom. The van der Waals surface area contributed by atoms with E-state index in [0.29, 0.717) is 10.8 Å². The molecule has 0 atom stereocenters. The van der Waals surface area contributed by atoms with Crippen LogP contribution in [-0.4, -0.2) is 15.7 Å². The highest BCUT2D eigenvalue weighted by Gasteiger charge is 2.24. The van der Waals surface area contributed by atoms with Gasteiger partial charge in [-0.2, -0.15) is 5.10 Å². The Hall–Kier alpha value is -3.58. The number of benzene rings is 3. The van der Waals surface area contributed by atoms with Crippen LogP contribution in [0.4, 0.5) is 11.4 Å². The van der Waals surface area contributed by atoms with Crippen molar-refractivity contribution in [3.8, 4) is 11.1 Å². The topological polar surface area (TPSA) is 79.6 Å². The van der Waals surface area contributed by atoms with Crippen molar-refractivity contribution in [2.24, 2.45) is 5.10 Å². The largest absolute Gasteiger partial charge is 0.331 e. The van der Waals surface area contributed by atoms with Crippen LogP contribution in [0.15, 0.2) is 77.9 Å². The van der Waals surface area contributed by atoms with Gasteiger partial charge in [-0.3, -0.25) is 15.5 Å². The zero-order valence-electron chi connectivity index (χ0n) is 14.0. The van der Waals surface area contributed by atoms with E-state index in [4.69, 9.17) is 12.2 Å². The van der Waals surface area contributed by atoms with Gasteiger partial charge >= 0.3 is 0 Å². The quantitative estimate of drug-likeness (QED) is 0.317. The van der Waals surface area contributed by atoms with E-state index in [2.05, 4.69) is 28.0 Å². The van der Waals surface area contributed by atoms with Crippen LogP contribution in [0, 0.1) is 10.1 Å². The number of nitrogens with one attached hydrogen (secondary N) is 2. The first-order chi connectivity index (χ1) is 13.1. The van der Waals surface area contributed by atoms with Gasteiger partial charge in [0.05, 0.1) is 10.6 Å². The van der Waals surface area contributed by atoms with Crippen molar-refractivity contribution >= 4 is 34.4 Å². The van der Waals surface area contributed by atoms with Crippen LogP contribution >= 0.6 is 12.2 Å². The summed E-state index contributed by atoms with van der Waals surface area (Å²) >= 11 is 5.29. The Labute approximate surface area is 160 Å². The van der Waals surface area contributed by atoms with Crippen molar-refractivity contribution in [2.75, 3.05) is 5.32 Å². The molecule has 27 heavy (non-hydrogen) atoms. The van der Waals surface area contributed by atoms with Gasteiger partial charge in [0.15, 0.2) is 5.11 Å². The number of nitro benzene ring substituents is 1. The van der Waals surface area contributed by atoms with Gasteiger partial charge in [0.25, 0.3) is 5.69 Å². The highest BCUT2D eigenvalue weighted by Crippen LogP contribution is 2.36. The lowest BCUT2D eigenvalue weighted by molar-refractivity contribution is -0.384. The van der Waals surface area contributed by atoms with Crippen LogP contribution in [0.25, 0.3) is 11.1 Å². The summed E-state index contributed by atoms with van der Waals surface area (Å²) in [5.74, 6) is 0. The predicted molar refractivity (Wildman–Crippen MR) is 110 cm³/mol. The first-order valence-electron chi connectivity index (χ1n) is 8.22. The molecule has 1 aliphatic carbocycles. The number of anilines is 1. The fourth-order valence-corrected chi connectivity index (χ4v) is 3.21. The number of rotatable bonds is 3. The minimum Gasteiger partial charge on any atom is -0.331 e. The molecular weight excluding hydrogens is 360 g/mol. The van der Waals surface area contributed by atoms with Crippen LogP contribution < -0.4 is 10.7 Å². The first kappa shape index (κ1) is 16.9. The molecule has 0 spiro atoms. The van der Waals surface area contributed by atoms with Gasteiger partial charge in [0, 0.05) is 28.9 Å². The number of non-ortho nitro benzene ring substituents is 1. The van der Waals surface area contributed by atoms with Crippen LogP contribution in [0.5, 0.6) is 0 Å². The van der Waals surface area contributed by atoms with Gasteiger partial charge < -0.3 is 5.32 Å². The lowest BCUT2D eigenvalue weighted by atomic mass is 10.1. The maximum absolute atomic E-state index is 10.7. The van der Waals surface area contributed by atoms with Crippen molar-refractivity contribution in [1.29, 1.82) is 0 Å². The molecule has 0 aliphatic heterocycles. The standard InChI is InChI=1S/C20H14N4O2S/c25-24(26)14-11-9-13(10-12-14)21-20(27)23-22-19-17-7-3-1-5-15(17)16-6-2-4-8-18(16)19/h1-12H,(H2,21,23,27). The third kappa shape index (κ3) is 3.28. The zero-order chi connectivity index (χ0) is 18.8. The molecule has 3 aromatic carbocycles. The Balaban J connectivity index is 1.54. The molecule has 6 nitrogen and oxygen atoms in total. The molecule has 0 aromatic heterocycles. The number of nitro groups is 1. The smallest absolute Gasteiger partial charge is 0.269 e. The summed E-state index contributed by atoms with van der Waals surface area (Å²) in [6.07, 6.45) is 0. The van der Waals surface area contributed by atoms with E-state index >= 15 is 0 Å². The molecule has 0 unspecified atom stereocenters. The number of nitrogens with zero attached hydrogens (tertiary/aromatic N) is 2. The fourth-order valence-electron chi connectivity index (χ4n) is 3.05. The second-order valence-electron chi connectivity index (χ2n) is 5.92. The van der Waals surface area contributed by atoms with E-state index in [0.717, 1.165) is 28.0 Å². The van der Waals surface area contributed by atoms with Crippen molar-refractivity contribution in [2.45, 2.75) is 0 Å². The number of hydrazone groups is 1. The average Bonchev–Trinajstić information content (AvgIpc) is 3.01. The number of fused-ring (bicyclic) bond motifs is 3. The Bertz CT molecular complexity index is 1030. The molecule has 0 radical (unpaired) electrons. The van der Waals surface area contributed by atoms with Crippen molar-refractivity contribution < 1.29 is 4.92 Å². The van der Waals surface area contributed by atoms with Crippen molar-refractivity contribution in [1.82, 2.24) is 5.43 Å². The summed E-state index contributed by atoms with van der Waals surface area (Å²) < 4.78 is 0. The monoisotopic (exact) mass is 374 g/mol. The van der Waals surface area contributed by atoms with Crippen molar-refractivity contribution in [3.05, 3.63) is 94.0 Å². The normalized spacial score (nSPS) is 11.3. The molecule has 3 aromatic rings. The molecule has 132 valence electrons. The minimum absolute atomic E-state index is 0.0267. The fraction of sp³-hybridized carbons (Fsp3) is 0. The van der Waals surface area contributed by atoms with Crippen molar-refractivity contribution in [3.63, 3.8) is 0 Å². The van der Waals surface area contributed by atoms with E-state index in [1.807, 2.05) is 36.4 Å². The maximum atomic E-state index is 10.7. The number of hydrogen-bond donors (Lipinski definition) is 2. The Morgan fingerprint density at radius 2 is 1.37 bits per heavy atom. The summed E-state index contributed by atoms with van der Waals surface area (Å²) in [6.45, 7) is 0. The maximum Gasteiger partial charge on any atom is 0.269 e. The third-order valence-electron chi connectivity index (χ3n) is 4.26. The number of thiocarbonyl (C=S) groups is 1. The summed E-state index contributed by atoms with van der Waals surface area (Å²) in [6, 6.07) is 22.2. The first-order valence-corrected chi connectivity index (χ1v) is 8.62. The lowest BCUT2D eigenvalue weighted by Gasteiger charge is -2.08. The summed E-state index contributed by atoms with van der Waals surface area (Å²) in [5, 5.41) is 18.5. The molecule has 7 heteroatoms. The second kappa shape index (κ2) is 6.97. The molecule has 0 heterocycles. The van der Waals surface area contributed by atoms with Gasteiger partial charge in [-0.1, -0.05) is 48.5 Å². The van der Waals surface area contributed by atoms with Gasteiger partial charge in [0.1, 0.15) is 0 Å². The Kier molecular flexibility index (Phi) is 4.35. The van der Waals surface area contributed by atoms with E-state index in [9.17, 15) is 10.1 Å². The third-order valence-corrected chi connectivity index (χ3v) is 4.45. The van der Waals surface area contributed by atoms with Gasteiger partial charge in [-0.15, -0.1) is 0 Å². The lowest BCUT2D eigenvalue weighted by Crippen LogP contribution is -2.25. The van der Waals surface area contributed by atoms with Gasteiger partial charge in [-0.05, 0) is 35.5 Å². The van der Waals surface area contributed by atoms with E-state index in [1.54, 1.807) is 12.1 Å². The molecule has 0 saturated heterocycles. The Morgan fingerprint density at radius 1 is 0.852 bits per heavy atom. The molecule has 0 bridgehead atoms. The average molecular weight is 374 g/mol. The molecule has 0 saturated carbocycles. The van der Waals surface area contributed by atoms with Crippen LogP contribution in [0.2, 0.25) is 0 Å². The second-order valence-corrected chi connectivity index (χ2v) is 6.33. The molecule has 4 rings (SSSR count). The van der Waals surface area contributed by atoms with Crippen LogP contribution in [-0.2, 0) is 0 Å². The van der Waals surface area contributed by atoms with E-state index in [-0.39, 0.29) is 5.69 Å². The van der Waals surface area contributed by atoms with Crippen LogP contribution in [0.1, 0.15) is 11.1 Å². The van der Waals surface area contributed by atoms with Crippen LogP contribution in [0.3, 0.4) is 0 Å². The minimum atomic E-state index is -0.443. The summed E-state index contributed by atoms with van der Waals surface area (Å²) in [7, 11) is 0. The number of hydrogen-bond acceptors (Lipinski definition) is 4. The summed E-state index contributed by atoms with van der Waals surface area (Å²) in [5.41, 5.74) is 8.74. The predicted octanol–water partition coefficient (Wildman–Crippen LogP) is 4.31. The van der Waals surface area contributed by atoms with E-state index < -0.39 is 4.92 Å². The highest BCUT2D eigenvalue weighted by atomic mass is 32.1. The highest BCUT2D eigenvalue weighted by molar-refractivity contribution is 7.80. The molecular formula is C20H14N4O2S. The zero-order valence-corrected chi connectivity index (χ0v) is 14.9. The molecule has 1 aliphatic rings. The molecule has 0 amide bonds. The summed E-state index contributed by atoms with van der Waals surface area (Å²) in [4.78, 5) is 10.3. The van der Waals surface area contributed by atoms with E-state index in [1.165, 1.54) is 12.1 Å². The molecule has 0 fully saturated rings. The molecule has 2 N–H and O–H groups in total. The van der Waals surface area contributed by atoms with Gasteiger partial charge in [-0.25, -0.2) is 0 Å². The SMILES string of the molecule is O=[N+]([O-])c1ccc(NC(=S)NN=C2c3ccccc3-c3ccccc32)cc1. The van der Waals surface area contributed by atoms with Gasteiger partial charge in [0.2, 0.25) is 0 Å².